The molecular formula is C15H31NO. The maximum Gasteiger partial charge on any atom is 0.0806 e. The molecule has 17 heavy (non-hydrogen) atoms. The predicted molar refractivity (Wildman–Crippen MR) is 74.4 cm³/mol. The minimum absolute atomic E-state index is 0.107. The Bertz CT molecular complexity index is 211. The zero-order valence-corrected chi connectivity index (χ0v) is 12.4. The van der Waals surface area contributed by atoms with Crippen molar-refractivity contribution in [2.45, 2.75) is 77.9 Å². The summed E-state index contributed by atoms with van der Waals surface area (Å²) in [4.78, 5) is 0. The van der Waals surface area contributed by atoms with Crippen molar-refractivity contribution < 1.29 is 4.74 Å². The Hall–Kier alpha value is -0.0800. The van der Waals surface area contributed by atoms with Crippen molar-refractivity contribution in [2.24, 2.45) is 5.92 Å². The molecule has 0 atom stereocenters. The number of rotatable bonds is 5. The van der Waals surface area contributed by atoms with Crippen LogP contribution in [0.5, 0.6) is 0 Å². The summed E-state index contributed by atoms with van der Waals surface area (Å²) in [5.41, 5.74) is 0.293. The molecule has 0 heterocycles. The fourth-order valence-electron chi connectivity index (χ4n) is 2.34. The number of hydrogen-bond donors (Lipinski definition) is 1. The Labute approximate surface area is 108 Å². The monoisotopic (exact) mass is 241 g/mol. The van der Waals surface area contributed by atoms with Crippen molar-refractivity contribution >= 4 is 0 Å². The highest BCUT2D eigenvalue weighted by atomic mass is 16.5. The number of nitrogens with one attached hydrogen (secondary N) is 1. The highest BCUT2D eigenvalue weighted by Crippen LogP contribution is 2.32. The molecule has 1 aliphatic carbocycles. The molecule has 0 spiro atoms. The van der Waals surface area contributed by atoms with Crippen molar-refractivity contribution in [2.75, 3.05) is 13.2 Å². The van der Waals surface area contributed by atoms with Gasteiger partial charge in [-0.25, -0.2) is 0 Å². The standard InChI is InChI=1S/C15H31NO/c1-13(2)11-17-15(9-7-6-8-10-15)12-16-14(3,4)5/h13,16H,6-12H2,1-5H3. The van der Waals surface area contributed by atoms with Crippen LogP contribution in [0.25, 0.3) is 0 Å². The first kappa shape index (κ1) is 15.0. The smallest absolute Gasteiger partial charge is 0.0806 e. The predicted octanol–water partition coefficient (Wildman–Crippen LogP) is 3.75. The van der Waals surface area contributed by atoms with E-state index >= 15 is 0 Å². The van der Waals surface area contributed by atoms with Crippen LogP contribution in [0.4, 0.5) is 0 Å². The van der Waals surface area contributed by atoms with E-state index in [1.807, 2.05) is 0 Å². The second-order valence-corrected chi connectivity index (χ2v) is 7.05. The van der Waals surface area contributed by atoms with Crippen LogP contribution in [-0.4, -0.2) is 24.3 Å². The minimum Gasteiger partial charge on any atom is -0.373 e. The second kappa shape index (κ2) is 6.19. The first-order valence-corrected chi connectivity index (χ1v) is 7.22. The van der Waals surface area contributed by atoms with Crippen molar-refractivity contribution in [3.63, 3.8) is 0 Å². The summed E-state index contributed by atoms with van der Waals surface area (Å²) >= 11 is 0. The highest BCUT2D eigenvalue weighted by molar-refractivity contribution is 4.89. The van der Waals surface area contributed by atoms with Crippen molar-refractivity contribution in [3.8, 4) is 0 Å². The van der Waals surface area contributed by atoms with Crippen LogP contribution in [0.15, 0.2) is 0 Å². The lowest BCUT2D eigenvalue weighted by atomic mass is 9.84. The Morgan fingerprint density at radius 1 is 1.12 bits per heavy atom. The summed E-state index contributed by atoms with van der Waals surface area (Å²) in [5.74, 6) is 0.628. The summed E-state index contributed by atoms with van der Waals surface area (Å²) in [6.07, 6.45) is 6.47. The SMILES string of the molecule is CC(C)COC1(CNC(C)(C)C)CCCCC1. The molecular weight excluding hydrogens is 210 g/mol. The molecule has 1 saturated carbocycles. The van der Waals surface area contributed by atoms with Gasteiger partial charge >= 0.3 is 0 Å². The summed E-state index contributed by atoms with van der Waals surface area (Å²) in [5, 5.41) is 3.63. The van der Waals surface area contributed by atoms with E-state index in [0.717, 1.165) is 13.2 Å². The van der Waals surface area contributed by atoms with Crippen molar-refractivity contribution in [1.29, 1.82) is 0 Å². The lowest BCUT2D eigenvalue weighted by Crippen LogP contribution is -2.50. The van der Waals surface area contributed by atoms with Gasteiger partial charge in [0.05, 0.1) is 5.60 Å². The Balaban J connectivity index is 2.52. The molecule has 0 saturated heterocycles. The molecule has 0 amide bonds. The molecule has 1 aliphatic rings. The van der Waals surface area contributed by atoms with E-state index in [-0.39, 0.29) is 11.1 Å². The average molecular weight is 241 g/mol. The topological polar surface area (TPSA) is 21.3 Å². The lowest BCUT2D eigenvalue weighted by Gasteiger charge is -2.40. The third kappa shape index (κ3) is 5.87. The van der Waals surface area contributed by atoms with Gasteiger partial charge in [0.1, 0.15) is 0 Å². The van der Waals surface area contributed by atoms with Gasteiger partial charge in [-0.3, -0.25) is 0 Å². The first-order valence-electron chi connectivity index (χ1n) is 7.22. The van der Waals surface area contributed by atoms with E-state index in [0.29, 0.717) is 5.92 Å². The average Bonchev–Trinajstić information content (AvgIpc) is 2.25. The van der Waals surface area contributed by atoms with Gasteiger partial charge in [-0.1, -0.05) is 33.1 Å². The van der Waals surface area contributed by atoms with Crippen LogP contribution in [0.2, 0.25) is 0 Å². The normalized spacial score (nSPS) is 20.8. The third-order valence-corrected chi connectivity index (χ3v) is 3.43. The van der Waals surface area contributed by atoms with Gasteiger partial charge in [-0.2, -0.15) is 0 Å². The van der Waals surface area contributed by atoms with Crippen LogP contribution >= 0.6 is 0 Å². The quantitative estimate of drug-likeness (QED) is 0.791. The number of hydrogen-bond acceptors (Lipinski definition) is 2. The molecule has 0 unspecified atom stereocenters. The van der Waals surface area contributed by atoms with Gasteiger partial charge in [0.15, 0.2) is 0 Å². The highest BCUT2D eigenvalue weighted by Gasteiger charge is 2.33. The first-order chi connectivity index (χ1) is 7.83. The van der Waals surface area contributed by atoms with Crippen LogP contribution in [0.3, 0.4) is 0 Å². The van der Waals surface area contributed by atoms with Gasteiger partial charge in [0, 0.05) is 18.7 Å². The fraction of sp³-hybridized carbons (Fsp3) is 1.00. The molecule has 1 N–H and O–H groups in total. The molecule has 102 valence electrons. The van der Waals surface area contributed by atoms with E-state index in [9.17, 15) is 0 Å². The second-order valence-electron chi connectivity index (χ2n) is 7.05. The van der Waals surface area contributed by atoms with Gasteiger partial charge in [0.2, 0.25) is 0 Å². The van der Waals surface area contributed by atoms with Gasteiger partial charge in [-0.15, -0.1) is 0 Å². The summed E-state index contributed by atoms with van der Waals surface area (Å²) in [7, 11) is 0. The van der Waals surface area contributed by atoms with Crippen molar-refractivity contribution in [1.82, 2.24) is 5.32 Å². The van der Waals surface area contributed by atoms with Crippen molar-refractivity contribution in [3.05, 3.63) is 0 Å². The molecule has 0 aromatic carbocycles. The number of ether oxygens (including phenoxy) is 1. The van der Waals surface area contributed by atoms with E-state index in [4.69, 9.17) is 4.74 Å². The molecule has 1 fully saturated rings. The Morgan fingerprint density at radius 2 is 1.71 bits per heavy atom. The molecule has 2 heteroatoms. The van der Waals surface area contributed by atoms with Gasteiger partial charge in [-0.05, 0) is 39.5 Å². The Morgan fingerprint density at radius 3 is 2.18 bits per heavy atom. The van der Waals surface area contributed by atoms with E-state index in [1.54, 1.807) is 0 Å². The van der Waals surface area contributed by atoms with E-state index in [1.165, 1.54) is 32.1 Å². The lowest BCUT2D eigenvalue weighted by molar-refractivity contribution is -0.0807. The molecule has 0 aliphatic heterocycles. The van der Waals surface area contributed by atoms with Crippen LogP contribution < -0.4 is 5.32 Å². The zero-order valence-electron chi connectivity index (χ0n) is 12.4. The van der Waals surface area contributed by atoms with Crippen LogP contribution in [-0.2, 0) is 4.74 Å². The maximum absolute atomic E-state index is 6.26. The van der Waals surface area contributed by atoms with Crippen LogP contribution in [0.1, 0.15) is 66.7 Å². The molecule has 1 rings (SSSR count). The summed E-state index contributed by atoms with van der Waals surface area (Å²) < 4.78 is 6.26. The summed E-state index contributed by atoms with van der Waals surface area (Å²) in [6, 6.07) is 0. The van der Waals surface area contributed by atoms with Gasteiger partial charge < -0.3 is 10.1 Å². The van der Waals surface area contributed by atoms with E-state index in [2.05, 4.69) is 39.9 Å². The minimum atomic E-state index is 0.107. The largest absolute Gasteiger partial charge is 0.373 e. The molecule has 2 nitrogen and oxygen atoms in total. The fourth-order valence-corrected chi connectivity index (χ4v) is 2.34. The zero-order chi connectivity index (χ0) is 12.9. The van der Waals surface area contributed by atoms with E-state index < -0.39 is 0 Å². The van der Waals surface area contributed by atoms with Crippen LogP contribution in [0, 0.1) is 5.92 Å². The molecule has 0 bridgehead atoms. The molecule has 0 radical (unpaired) electrons. The molecule has 0 aromatic rings. The Kier molecular flexibility index (Phi) is 5.46. The molecule has 0 aromatic heterocycles. The maximum atomic E-state index is 6.26. The summed E-state index contributed by atoms with van der Waals surface area (Å²) in [6.45, 7) is 13.0. The van der Waals surface area contributed by atoms with Gasteiger partial charge in [0.25, 0.3) is 0 Å². The third-order valence-electron chi connectivity index (χ3n) is 3.43.